The Morgan fingerprint density at radius 2 is 1.75 bits per heavy atom. The molecule has 0 fully saturated rings. The van der Waals surface area contributed by atoms with Gasteiger partial charge in [-0.2, -0.15) is 0 Å². The molecule has 8 heteroatoms. The van der Waals surface area contributed by atoms with Gasteiger partial charge in [-0.3, -0.25) is 4.79 Å². The molecule has 0 spiro atoms. The molecule has 0 saturated carbocycles. The number of rotatable bonds is 7. The van der Waals surface area contributed by atoms with Gasteiger partial charge < -0.3 is 20.2 Å². The van der Waals surface area contributed by atoms with Gasteiger partial charge in [-0.25, -0.2) is 0 Å². The molecule has 0 aliphatic heterocycles. The molecule has 28 heavy (non-hydrogen) atoms. The van der Waals surface area contributed by atoms with Gasteiger partial charge in [0.2, 0.25) is 5.75 Å². The van der Waals surface area contributed by atoms with Gasteiger partial charge in [-0.05, 0) is 45.3 Å². The van der Waals surface area contributed by atoms with Gasteiger partial charge in [0.1, 0.15) is 6.20 Å². The number of nitrogens with zero attached hydrogens (tertiary/aromatic N) is 2. The third-order valence-electron chi connectivity index (χ3n) is 3.92. The first-order valence-corrected chi connectivity index (χ1v) is 8.74. The minimum atomic E-state index is -0.659. The summed E-state index contributed by atoms with van der Waals surface area (Å²) in [6.07, 6.45) is 1.29. The lowest BCUT2D eigenvalue weighted by Gasteiger charge is -2.20. The third kappa shape index (κ3) is 4.83. The molecule has 3 rings (SSSR count). The molecule has 1 aromatic heterocycles. The van der Waals surface area contributed by atoms with E-state index < -0.39 is 22.7 Å². The summed E-state index contributed by atoms with van der Waals surface area (Å²) in [6.45, 7) is -0.385. The number of nitrogens with one attached hydrogen (secondary N) is 1. The zero-order valence-electron chi connectivity index (χ0n) is 14.6. The highest BCUT2D eigenvalue weighted by Gasteiger charge is 2.20. The van der Waals surface area contributed by atoms with Gasteiger partial charge in [0.25, 0.3) is 5.91 Å². The molecule has 7 nitrogen and oxygen atoms in total. The molecule has 0 saturated heterocycles. The Morgan fingerprint density at radius 3 is 2.43 bits per heavy atom. The van der Waals surface area contributed by atoms with E-state index in [4.69, 9.17) is 16.3 Å². The Kier molecular flexibility index (Phi) is 6.18. The van der Waals surface area contributed by atoms with Crippen molar-refractivity contribution in [1.29, 1.82) is 0 Å². The van der Waals surface area contributed by atoms with E-state index >= 15 is 0 Å². The minimum absolute atomic E-state index is 0.0644. The SMILES string of the molecule is O=C(COc1cccnc1[N+](=O)[O-])NC(c1ccccc1)c1ccc(Cl)cc1. The Bertz CT molecular complexity index is 965. The van der Waals surface area contributed by atoms with E-state index in [1.54, 1.807) is 12.1 Å². The summed E-state index contributed by atoms with van der Waals surface area (Å²) in [5, 5.41) is 14.5. The predicted molar refractivity (Wildman–Crippen MR) is 104 cm³/mol. The number of hydrogen-bond donors (Lipinski definition) is 1. The van der Waals surface area contributed by atoms with E-state index in [1.807, 2.05) is 42.5 Å². The number of benzene rings is 2. The molecular weight excluding hydrogens is 382 g/mol. The number of ether oxygens (including phenoxy) is 1. The van der Waals surface area contributed by atoms with E-state index in [9.17, 15) is 14.9 Å². The maximum Gasteiger partial charge on any atom is 0.406 e. The van der Waals surface area contributed by atoms with Crippen molar-refractivity contribution in [2.75, 3.05) is 6.61 Å². The summed E-state index contributed by atoms with van der Waals surface area (Å²) in [5.41, 5.74) is 1.72. The molecule has 3 aromatic rings. The lowest BCUT2D eigenvalue weighted by Crippen LogP contribution is -2.33. The van der Waals surface area contributed by atoms with Crippen molar-refractivity contribution >= 4 is 23.3 Å². The molecule has 1 atom stereocenters. The molecule has 1 N–H and O–H groups in total. The molecule has 0 aliphatic rings. The summed E-state index contributed by atoms with van der Waals surface area (Å²) in [4.78, 5) is 26.5. The summed E-state index contributed by atoms with van der Waals surface area (Å²) >= 11 is 5.96. The van der Waals surface area contributed by atoms with Crippen LogP contribution in [0.15, 0.2) is 72.9 Å². The Balaban J connectivity index is 1.75. The average Bonchev–Trinajstić information content (AvgIpc) is 2.72. The smallest absolute Gasteiger partial charge is 0.406 e. The third-order valence-corrected chi connectivity index (χ3v) is 4.18. The van der Waals surface area contributed by atoms with Crippen molar-refractivity contribution in [1.82, 2.24) is 10.3 Å². The molecule has 0 aliphatic carbocycles. The second kappa shape index (κ2) is 8.96. The van der Waals surface area contributed by atoms with Crippen LogP contribution >= 0.6 is 11.6 Å². The molecule has 142 valence electrons. The van der Waals surface area contributed by atoms with Gasteiger partial charge in [-0.1, -0.05) is 54.1 Å². The normalized spacial score (nSPS) is 11.5. The second-order valence-corrected chi connectivity index (χ2v) is 6.27. The average molecular weight is 398 g/mol. The quantitative estimate of drug-likeness (QED) is 0.481. The molecular formula is C20H16ClN3O4. The maximum absolute atomic E-state index is 12.5. The molecule has 0 bridgehead atoms. The fraction of sp³-hybridized carbons (Fsp3) is 0.100. The summed E-state index contributed by atoms with van der Waals surface area (Å²) in [7, 11) is 0. The van der Waals surface area contributed by atoms with Crippen LogP contribution < -0.4 is 10.1 Å². The lowest BCUT2D eigenvalue weighted by atomic mass is 9.99. The number of carbonyl (C=O) groups excluding carboxylic acids is 1. The van der Waals surface area contributed by atoms with Crippen LogP contribution in [-0.4, -0.2) is 22.4 Å². The molecule has 0 radical (unpaired) electrons. The van der Waals surface area contributed by atoms with E-state index in [1.165, 1.54) is 18.3 Å². The van der Waals surface area contributed by atoms with E-state index in [2.05, 4.69) is 10.3 Å². The summed E-state index contributed by atoms with van der Waals surface area (Å²) in [5.74, 6) is -0.931. The molecule has 1 heterocycles. The monoisotopic (exact) mass is 397 g/mol. The van der Waals surface area contributed by atoms with Crippen LogP contribution in [0, 0.1) is 10.1 Å². The zero-order chi connectivity index (χ0) is 19.9. The standard InChI is InChI=1S/C20H16ClN3O4/c21-16-10-8-15(9-11-16)19(14-5-2-1-3-6-14)23-18(25)13-28-17-7-4-12-22-20(17)24(26)27/h1-12,19H,13H2,(H,23,25). The molecule has 1 amide bonds. The predicted octanol–water partition coefficient (Wildman–Crippen LogP) is 3.93. The molecule has 2 aromatic carbocycles. The fourth-order valence-electron chi connectivity index (χ4n) is 2.64. The van der Waals surface area contributed by atoms with E-state index in [-0.39, 0.29) is 12.4 Å². The van der Waals surface area contributed by atoms with Crippen LogP contribution in [0.25, 0.3) is 0 Å². The van der Waals surface area contributed by atoms with Gasteiger partial charge in [0.05, 0.1) is 6.04 Å². The van der Waals surface area contributed by atoms with Crippen molar-refractivity contribution < 1.29 is 14.5 Å². The van der Waals surface area contributed by atoms with Crippen LogP contribution in [0.2, 0.25) is 5.02 Å². The minimum Gasteiger partial charge on any atom is -0.476 e. The van der Waals surface area contributed by atoms with Crippen molar-refractivity contribution in [3.8, 4) is 5.75 Å². The van der Waals surface area contributed by atoms with Crippen LogP contribution in [0.4, 0.5) is 5.82 Å². The maximum atomic E-state index is 12.5. The van der Waals surface area contributed by atoms with Gasteiger partial charge in [0, 0.05) is 5.02 Å². The van der Waals surface area contributed by atoms with Gasteiger partial charge >= 0.3 is 5.82 Å². The van der Waals surface area contributed by atoms with Crippen LogP contribution in [0.3, 0.4) is 0 Å². The number of amides is 1. The highest BCUT2D eigenvalue weighted by atomic mass is 35.5. The Hall–Kier alpha value is -3.45. The number of halogens is 1. The number of hydrogen-bond acceptors (Lipinski definition) is 5. The van der Waals surface area contributed by atoms with E-state index in [0.717, 1.165) is 11.1 Å². The lowest BCUT2D eigenvalue weighted by molar-refractivity contribution is -0.390. The zero-order valence-corrected chi connectivity index (χ0v) is 15.4. The van der Waals surface area contributed by atoms with Crippen LogP contribution in [0.1, 0.15) is 17.2 Å². The largest absolute Gasteiger partial charge is 0.476 e. The summed E-state index contributed by atoms with van der Waals surface area (Å²) in [6, 6.07) is 19.0. The number of aromatic nitrogens is 1. The van der Waals surface area contributed by atoms with Crippen LogP contribution in [-0.2, 0) is 4.79 Å². The highest BCUT2D eigenvalue weighted by molar-refractivity contribution is 6.30. The Morgan fingerprint density at radius 1 is 1.07 bits per heavy atom. The summed E-state index contributed by atoms with van der Waals surface area (Å²) < 4.78 is 5.31. The topological polar surface area (TPSA) is 94.4 Å². The highest BCUT2D eigenvalue weighted by Crippen LogP contribution is 2.25. The first-order chi connectivity index (χ1) is 13.5. The van der Waals surface area contributed by atoms with Crippen molar-refractivity contribution in [3.05, 3.63) is 99.2 Å². The number of nitro groups is 1. The van der Waals surface area contributed by atoms with Gasteiger partial charge in [0.15, 0.2) is 6.61 Å². The number of carbonyl (C=O) groups is 1. The first-order valence-electron chi connectivity index (χ1n) is 8.36. The second-order valence-electron chi connectivity index (χ2n) is 5.83. The van der Waals surface area contributed by atoms with E-state index in [0.29, 0.717) is 5.02 Å². The van der Waals surface area contributed by atoms with Crippen molar-refractivity contribution in [3.63, 3.8) is 0 Å². The molecule has 1 unspecified atom stereocenters. The van der Waals surface area contributed by atoms with Crippen molar-refractivity contribution in [2.24, 2.45) is 0 Å². The number of pyridine rings is 1. The fourth-order valence-corrected chi connectivity index (χ4v) is 2.76. The Labute approximate surface area is 166 Å². The van der Waals surface area contributed by atoms with Crippen molar-refractivity contribution in [2.45, 2.75) is 6.04 Å². The first kappa shape index (κ1) is 19.3. The van der Waals surface area contributed by atoms with Gasteiger partial charge in [-0.15, -0.1) is 0 Å². The van der Waals surface area contributed by atoms with Crippen LogP contribution in [0.5, 0.6) is 5.75 Å².